The molecule has 2 saturated heterocycles. The van der Waals surface area contributed by atoms with Gasteiger partial charge in [-0.05, 0) is 35.9 Å². The molecule has 3 aromatic rings. The minimum Gasteiger partial charge on any atom is -0.368 e. The molecule has 2 aliphatic heterocycles. The highest BCUT2D eigenvalue weighted by atomic mass is 19.4. The number of hydrogen-bond donors (Lipinski definition) is 0. The predicted octanol–water partition coefficient (Wildman–Crippen LogP) is 4.33. The lowest BCUT2D eigenvalue weighted by molar-refractivity contribution is -0.137. The minimum atomic E-state index is -4.37. The maximum absolute atomic E-state index is 13.4. The van der Waals surface area contributed by atoms with Crippen molar-refractivity contribution >= 4 is 17.3 Å². The summed E-state index contributed by atoms with van der Waals surface area (Å²) in [7, 11) is 1.89. The van der Waals surface area contributed by atoms with Gasteiger partial charge >= 0.3 is 6.18 Å². The van der Waals surface area contributed by atoms with Crippen molar-refractivity contribution in [1.29, 1.82) is 0 Å². The number of alkyl halides is 3. The van der Waals surface area contributed by atoms with Crippen molar-refractivity contribution in [3.05, 3.63) is 83.7 Å². The monoisotopic (exact) mass is 511 g/mol. The van der Waals surface area contributed by atoms with E-state index in [-0.39, 0.29) is 11.6 Å². The Bertz CT molecular complexity index is 1210. The first kappa shape index (κ1) is 25.2. The van der Waals surface area contributed by atoms with Crippen molar-refractivity contribution in [2.75, 3.05) is 62.2 Å². The van der Waals surface area contributed by atoms with Crippen molar-refractivity contribution in [2.24, 2.45) is 7.05 Å². The second-order valence-corrected chi connectivity index (χ2v) is 9.74. The van der Waals surface area contributed by atoms with Crippen molar-refractivity contribution < 1.29 is 18.0 Å². The molecular weight excluding hydrogens is 479 g/mol. The van der Waals surface area contributed by atoms with Crippen molar-refractivity contribution in [3.8, 4) is 0 Å². The molecule has 1 aromatic heterocycles. The third kappa shape index (κ3) is 5.61. The van der Waals surface area contributed by atoms with Gasteiger partial charge in [0.05, 0.1) is 5.56 Å². The van der Waals surface area contributed by atoms with Crippen LogP contribution in [0.5, 0.6) is 0 Å². The maximum atomic E-state index is 13.4. The fourth-order valence-corrected chi connectivity index (χ4v) is 5.29. The number of hydrogen-bond acceptors (Lipinski definition) is 4. The van der Waals surface area contributed by atoms with Crippen LogP contribution in [0, 0.1) is 0 Å². The van der Waals surface area contributed by atoms with Crippen molar-refractivity contribution in [1.82, 2.24) is 14.4 Å². The van der Waals surface area contributed by atoms with Crippen LogP contribution in [0.25, 0.3) is 0 Å². The molecule has 5 rings (SSSR count). The van der Waals surface area contributed by atoms with Gasteiger partial charge in [0.2, 0.25) is 0 Å². The molecular formula is C28H32F3N5O. The third-order valence-electron chi connectivity index (χ3n) is 7.30. The summed E-state index contributed by atoms with van der Waals surface area (Å²) in [6.07, 6.45) is -2.38. The second kappa shape index (κ2) is 10.5. The molecule has 0 radical (unpaired) electrons. The van der Waals surface area contributed by atoms with Gasteiger partial charge in [0.1, 0.15) is 5.69 Å². The first-order valence-electron chi connectivity index (χ1n) is 12.7. The summed E-state index contributed by atoms with van der Waals surface area (Å²) >= 11 is 0. The van der Waals surface area contributed by atoms with Gasteiger partial charge in [-0.1, -0.05) is 30.3 Å². The number of nitrogens with zero attached hydrogens (tertiary/aromatic N) is 5. The summed E-state index contributed by atoms with van der Waals surface area (Å²) in [5.74, 6) is 0.0371. The van der Waals surface area contributed by atoms with E-state index in [1.54, 1.807) is 12.1 Å². The van der Waals surface area contributed by atoms with E-state index in [2.05, 4.69) is 21.9 Å². The quantitative estimate of drug-likeness (QED) is 0.511. The predicted molar refractivity (Wildman–Crippen MR) is 139 cm³/mol. The topological polar surface area (TPSA) is 35.0 Å². The van der Waals surface area contributed by atoms with Gasteiger partial charge in [-0.2, -0.15) is 13.2 Å². The van der Waals surface area contributed by atoms with E-state index in [0.717, 1.165) is 24.7 Å². The zero-order valence-corrected chi connectivity index (χ0v) is 21.0. The van der Waals surface area contributed by atoms with E-state index >= 15 is 0 Å². The maximum Gasteiger partial charge on any atom is 0.418 e. The van der Waals surface area contributed by atoms with Gasteiger partial charge in [-0.15, -0.1) is 0 Å². The molecule has 0 unspecified atom stereocenters. The largest absolute Gasteiger partial charge is 0.418 e. The number of piperazine rings is 2. The average molecular weight is 512 g/mol. The summed E-state index contributed by atoms with van der Waals surface area (Å²) < 4.78 is 42.2. The number of anilines is 2. The smallest absolute Gasteiger partial charge is 0.368 e. The molecule has 196 valence electrons. The average Bonchev–Trinajstić information content (AvgIpc) is 3.28. The fourth-order valence-electron chi connectivity index (χ4n) is 5.29. The van der Waals surface area contributed by atoms with Crippen LogP contribution in [0.4, 0.5) is 24.5 Å². The standard InChI is InChI=1S/C28H32F3N5O/c1-32-20-22(19-26(32)27(37)36-17-15-34(16-18-36)23-7-3-2-4-8-23)21-33-11-13-35(14-12-33)25-10-6-5-9-24(25)28(29,30)31/h2-10,19-20H,11-18,21H2,1H3. The molecule has 0 N–H and O–H groups in total. The summed E-state index contributed by atoms with van der Waals surface area (Å²) in [6, 6.07) is 18.0. The molecule has 2 aromatic carbocycles. The molecule has 0 bridgehead atoms. The van der Waals surface area contributed by atoms with Gasteiger partial charge in [0.15, 0.2) is 0 Å². The molecule has 0 spiro atoms. The Morgan fingerprint density at radius 1 is 0.811 bits per heavy atom. The molecule has 0 atom stereocenters. The Morgan fingerprint density at radius 2 is 1.43 bits per heavy atom. The summed E-state index contributed by atoms with van der Waals surface area (Å²) in [5.41, 5.74) is 2.55. The molecule has 6 nitrogen and oxygen atoms in total. The number of aryl methyl sites for hydroxylation is 1. The van der Waals surface area contributed by atoms with Gasteiger partial charge in [-0.3, -0.25) is 9.69 Å². The number of amides is 1. The molecule has 0 aliphatic carbocycles. The van der Waals surface area contributed by atoms with Crippen LogP contribution in [-0.4, -0.2) is 72.6 Å². The van der Waals surface area contributed by atoms with E-state index < -0.39 is 11.7 Å². The number of halogens is 3. The van der Waals surface area contributed by atoms with Crippen LogP contribution in [0.2, 0.25) is 0 Å². The fraction of sp³-hybridized carbons (Fsp3) is 0.393. The van der Waals surface area contributed by atoms with Crippen LogP contribution in [-0.2, 0) is 19.8 Å². The molecule has 9 heteroatoms. The number of carbonyl (C=O) groups excluding carboxylic acids is 1. The number of benzene rings is 2. The van der Waals surface area contributed by atoms with E-state index in [0.29, 0.717) is 51.5 Å². The van der Waals surface area contributed by atoms with Gasteiger partial charge in [0, 0.05) is 83.5 Å². The van der Waals surface area contributed by atoms with E-state index in [9.17, 15) is 18.0 Å². The van der Waals surface area contributed by atoms with Crippen LogP contribution in [0.1, 0.15) is 21.6 Å². The van der Waals surface area contributed by atoms with Crippen LogP contribution in [0.3, 0.4) is 0 Å². The lowest BCUT2D eigenvalue weighted by atomic mass is 10.1. The van der Waals surface area contributed by atoms with Crippen molar-refractivity contribution in [3.63, 3.8) is 0 Å². The third-order valence-corrected chi connectivity index (χ3v) is 7.30. The highest BCUT2D eigenvalue weighted by Crippen LogP contribution is 2.36. The molecule has 37 heavy (non-hydrogen) atoms. The summed E-state index contributed by atoms with van der Waals surface area (Å²) in [5, 5.41) is 0. The zero-order valence-electron chi connectivity index (χ0n) is 21.0. The second-order valence-electron chi connectivity index (χ2n) is 9.74. The number of carbonyl (C=O) groups is 1. The van der Waals surface area contributed by atoms with E-state index in [1.165, 1.54) is 11.8 Å². The number of aromatic nitrogens is 1. The number of para-hydroxylation sites is 2. The first-order valence-corrected chi connectivity index (χ1v) is 12.7. The Morgan fingerprint density at radius 3 is 2.11 bits per heavy atom. The minimum absolute atomic E-state index is 0.0371. The normalized spacial score (nSPS) is 17.4. The Kier molecular flexibility index (Phi) is 7.15. The first-order chi connectivity index (χ1) is 17.8. The van der Waals surface area contributed by atoms with Gasteiger partial charge in [-0.25, -0.2) is 0 Å². The lowest BCUT2D eigenvalue weighted by Gasteiger charge is -2.37. The Labute approximate surface area is 215 Å². The van der Waals surface area contributed by atoms with Crippen LogP contribution < -0.4 is 9.80 Å². The van der Waals surface area contributed by atoms with E-state index in [1.807, 2.05) is 51.9 Å². The molecule has 2 aliphatic rings. The van der Waals surface area contributed by atoms with E-state index in [4.69, 9.17) is 0 Å². The zero-order chi connectivity index (χ0) is 26.0. The molecule has 1 amide bonds. The molecule has 2 fully saturated rings. The van der Waals surface area contributed by atoms with Gasteiger partial charge in [0.25, 0.3) is 5.91 Å². The Hall–Kier alpha value is -3.46. The van der Waals surface area contributed by atoms with Crippen LogP contribution in [0.15, 0.2) is 66.9 Å². The molecule has 0 saturated carbocycles. The highest BCUT2D eigenvalue weighted by Gasteiger charge is 2.35. The highest BCUT2D eigenvalue weighted by molar-refractivity contribution is 5.93. The summed E-state index contributed by atoms with van der Waals surface area (Å²) in [6.45, 7) is 5.98. The van der Waals surface area contributed by atoms with Crippen molar-refractivity contribution in [2.45, 2.75) is 12.7 Å². The Balaban J connectivity index is 1.16. The SMILES string of the molecule is Cn1cc(CN2CCN(c3ccccc3C(F)(F)F)CC2)cc1C(=O)N1CCN(c2ccccc2)CC1. The molecule has 3 heterocycles. The van der Waals surface area contributed by atoms with Crippen LogP contribution >= 0.6 is 0 Å². The summed E-state index contributed by atoms with van der Waals surface area (Å²) in [4.78, 5) is 21.5. The lowest BCUT2D eigenvalue weighted by Crippen LogP contribution is -2.49. The van der Waals surface area contributed by atoms with Gasteiger partial charge < -0.3 is 19.3 Å². The number of rotatable bonds is 5.